The van der Waals surface area contributed by atoms with Crippen molar-refractivity contribution in [2.24, 2.45) is 15.0 Å². The number of aliphatic carboxylic acids is 1. The zero-order valence-corrected chi connectivity index (χ0v) is 28.5. The number of ether oxygens (including phenoxy) is 5. The molecule has 7 rings (SSSR count). The minimum absolute atomic E-state index is 0.0221. The second-order valence-corrected chi connectivity index (χ2v) is 13.5. The summed E-state index contributed by atoms with van der Waals surface area (Å²) in [6, 6.07) is 8.29. The Morgan fingerprint density at radius 1 is 1.06 bits per heavy atom. The zero-order chi connectivity index (χ0) is 37.3. The van der Waals surface area contributed by atoms with Gasteiger partial charge >= 0.3 is 5.97 Å². The summed E-state index contributed by atoms with van der Waals surface area (Å²) in [5.74, 6) is -2.11. The second-order valence-electron chi connectivity index (χ2n) is 13.5. The van der Waals surface area contributed by atoms with Crippen molar-refractivity contribution in [3.63, 3.8) is 0 Å². The number of nitrogens with one attached hydrogen (secondary N) is 1. The molecule has 280 valence electrons. The summed E-state index contributed by atoms with van der Waals surface area (Å²) in [5, 5.41) is 74.1. The van der Waals surface area contributed by atoms with E-state index in [4.69, 9.17) is 29.1 Å². The van der Waals surface area contributed by atoms with Crippen molar-refractivity contribution in [2.45, 2.75) is 87.4 Å². The molecule has 2 fully saturated rings. The fraction of sp³-hybridized carbons (Fsp3) is 0.432. The first-order chi connectivity index (χ1) is 25.5. The van der Waals surface area contributed by atoms with Gasteiger partial charge in [-0.05, 0) is 55.5 Å². The molecule has 2 aromatic rings. The first-order valence-electron chi connectivity index (χ1n) is 17.4. The van der Waals surface area contributed by atoms with E-state index in [1.807, 2.05) is 0 Å². The Bertz CT molecular complexity index is 1900. The van der Waals surface area contributed by atoms with E-state index in [1.54, 1.807) is 36.4 Å². The Morgan fingerprint density at radius 2 is 1.83 bits per heavy atom. The molecule has 7 N–H and O–H groups in total. The topological polar surface area (TPSA) is 246 Å². The van der Waals surface area contributed by atoms with Crippen molar-refractivity contribution in [1.82, 2.24) is 0 Å². The number of aliphatic hydroxyl groups excluding tert-OH is 3. The SMILES string of the molecule is N=C1C=CC(CCOc2ccc(C3C=C(O)c4c(cc(O[C@@H]5O[C@H](C(=O)O)[C@](O)(CC6=NC=NC6)[C@@H](O)[C@H]5O)c(OC5CCCCC5)c4O)O3)cc2)=N1. The van der Waals surface area contributed by atoms with Gasteiger partial charge in [-0.15, -0.1) is 0 Å². The number of aliphatic hydroxyl groups is 4. The number of phenols is 1. The molecule has 16 nitrogen and oxygen atoms in total. The molecule has 1 aliphatic carbocycles. The van der Waals surface area contributed by atoms with Crippen LogP contribution in [0.2, 0.25) is 0 Å². The number of nitrogens with zero attached hydrogens (tertiary/aromatic N) is 3. The molecule has 0 radical (unpaired) electrons. The van der Waals surface area contributed by atoms with Crippen LogP contribution < -0.4 is 18.9 Å². The highest BCUT2D eigenvalue weighted by molar-refractivity contribution is 6.14. The Morgan fingerprint density at radius 3 is 2.51 bits per heavy atom. The van der Waals surface area contributed by atoms with Gasteiger partial charge in [-0.2, -0.15) is 0 Å². The van der Waals surface area contributed by atoms with Gasteiger partial charge in [-0.25, -0.2) is 14.8 Å². The summed E-state index contributed by atoms with van der Waals surface area (Å²) in [5.41, 5.74) is -0.885. The molecule has 0 aromatic heterocycles. The van der Waals surface area contributed by atoms with Gasteiger partial charge in [0.05, 0.1) is 19.3 Å². The van der Waals surface area contributed by atoms with Crippen molar-refractivity contribution < 1.29 is 59.1 Å². The van der Waals surface area contributed by atoms with Gasteiger partial charge in [0.25, 0.3) is 0 Å². The zero-order valence-electron chi connectivity index (χ0n) is 28.5. The molecule has 6 atom stereocenters. The summed E-state index contributed by atoms with van der Waals surface area (Å²) in [6.07, 6.45) is 1.16. The molecule has 0 spiro atoms. The average molecular weight is 733 g/mol. The van der Waals surface area contributed by atoms with Crippen LogP contribution in [0.5, 0.6) is 28.7 Å². The number of benzene rings is 2. The molecule has 1 saturated carbocycles. The van der Waals surface area contributed by atoms with E-state index in [0.717, 1.165) is 25.0 Å². The van der Waals surface area contributed by atoms with Crippen LogP contribution in [0.3, 0.4) is 0 Å². The van der Waals surface area contributed by atoms with Crippen LogP contribution >= 0.6 is 0 Å². The van der Waals surface area contributed by atoms with Crippen molar-refractivity contribution in [3.8, 4) is 28.7 Å². The third kappa shape index (κ3) is 7.48. The third-order valence-electron chi connectivity index (χ3n) is 9.76. The minimum atomic E-state index is -2.49. The van der Waals surface area contributed by atoms with E-state index >= 15 is 0 Å². The number of hydrogen-bond donors (Lipinski definition) is 7. The van der Waals surface area contributed by atoms with E-state index in [0.29, 0.717) is 37.2 Å². The Labute approximate surface area is 303 Å². The highest BCUT2D eigenvalue weighted by atomic mass is 16.7. The van der Waals surface area contributed by atoms with Crippen molar-refractivity contribution in [2.75, 3.05) is 13.2 Å². The van der Waals surface area contributed by atoms with Crippen molar-refractivity contribution >= 4 is 35.3 Å². The van der Waals surface area contributed by atoms with Crippen LogP contribution in [0.1, 0.15) is 62.2 Å². The number of carboxylic acid groups (broad SMARTS) is 1. The smallest absolute Gasteiger partial charge is 0.336 e. The van der Waals surface area contributed by atoms with Gasteiger partial charge in [-0.1, -0.05) is 18.6 Å². The number of rotatable bonds is 12. The monoisotopic (exact) mass is 732 g/mol. The molecule has 0 amide bonds. The fourth-order valence-corrected chi connectivity index (χ4v) is 6.99. The number of amidine groups is 1. The number of fused-ring (bicyclic) bond motifs is 1. The maximum atomic E-state index is 12.4. The number of carboxylic acids is 1. The summed E-state index contributed by atoms with van der Waals surface area (Å²) in [7, 11) is 0. The van der Waals surface area contributed by atoms with E-state index in [9.17, 15) is 35.4 Å². The lowest BCUT2D eigenvalue weighted by atomic mass is 9.80. The molecule has 1 unspecified atom stereocenters. The first-order valence-corrected chi connectivity index (χ1v) is 17.4. The molecule has 5 aliphatic rings. The molecule has 4 aliphatic heterocycles. The number of allylic oxidation sites excluding steroid dienone is 1. The highest BCUT2D eigenvalue weighted by Crippen LogP contribution is 2.52. The number of phenolic OH excluding ortho intramolecular Hbond substituents is 1. The highest BCUT2D eigenvalue weighted by Gasteiger charge is 2.59. The number of aliphatic imine (C=N–C) groups is 3. The predicted molar refractivity (Wildman–Crippen MR) is 190 cm³/mol. The van der Waals surface area contributed by atoms with Crippen LogP contribution in [-0.4, -0.2) is 110 Å². The lowest BCUT2D eigenvalue weighted by Gasteiger charge is -2.46. The van der Waals surface area contributed by atoms with E-state index in [-0.39, 0.29) is 52.8 Å². The quantitative estimate of drug-likeness (QED) is 0.166. The summed E-state index contributed by atoms with van der Waals surface area (Å²) in [4.78, 5) is 24.4. The van der Waals surface area contributed by atoms with Gasteiger partial charge in [0, 0.05) is 36.4 Å². The number of aromatic hydroxyl groups is 1. The standard InChI is InChI=1S/C37H40N4O12/c38-28-11-8-20(41-28)12-13-49-22-9-6-19(7-10-22)25-14-24(42)29-26(51-25)15-27(32(30(29)43)50-23-4-2-1-3-5-23)52-36-31(44)33(45)37(48,34(53-36)35(46)47)16-21-17-39-18-40-21/h6-11,14-15,18,23,25,31,33-34,36,38,42-45,48H,1-5,12-13,16-17H2,(H,46,47)/t25?,31-,33+,34-,36-,37+/m1/s1. The van der Waals surface area contributed by atoms with Crippen LogP contribution in [0.25, 0.3) is 5.76 Å². The molecule has 4 heterocycles. The fourth-order valence-electron chi connectivity index (χ4n) is 6.99. The van der Waals surface area contributed by atoms with Crippen LogP contribution in [0, 0.1) is 5.41 Å². The molecule has 53 heavy (non-hydrogen) atoms. The number of hydrogen-bond acceptors (Lipinski definition) is 14. The summed E-state index contributed by atoms with van der Waals surface area (Å²) in [6.45, 7) is 0.431. The first kappa shape index (κ1) is 36.1. The average Bonchev–Trinajstić information content (AvgIpc) is 3.81. The molecule has 1 saturated heterocycles. The van der Waals surface area contributed by atoms with Gasteiger partial charge in [0.15, 0.2) is 17.6 Å². The van der Waals surface area contributed by atoms with Crippen LogP contribution in [0.15, 0.2) is 63.5 Å². The molecular weight excluding hydrogens is 692 g/mol. The van der Waals surface area contributed by atoms with Crippen molar-refractivity contribution in [1.29, 1.82) is 5.41 Å². The van der Waals surface area contributed by atoms with E-state index in [2.05, 4.69) is 15.0 Å². The minimum Gasteiger partial charge on any atom is -0.507 e. The molecule has 16 heteroatoms. The second kappa shape index (κ2) is 15.0. The Balaban J connectivity index is 1.14. The van der Waals surface area contributed by atoms with Gasteiger partial charge in [-0.3, -0.25) is 10.4 Å². The van der Waals surface area contributed by atoms with Crippen LogP contribution in [0.4, 0.5) is 0 Å². The van der Waals surface area contributed by atoms with Crippen LogP contribution in [-0.2, 0) is 9.53 Å². The Kier molecular flexibility index (Phi) is 10.2. The summed E-state index contributed by atoms with van der Waals surface area (Å²) < 4.78 is 29.9. The molecule has 2 aromatic carbocycles. The Hall–Kier alpha value is -5.29. The molecular formula is C37H40N4O12. The normalized spacial score (nSPS) is 28.1. The van der Waals surface area contributed by atoms with Gasteiger partial charge < -0.3 is 54.3 Å². The van der Waals surface area contributed by atoms with Gasteiger partial charge in [0.2, 0.25) is 12.0 Å². The maximum Gasteiger partial charge on any atom is 0.336 e. The number of carbonyl (C=O) groups is 1. The maximum absolute atomic E-state index is 12.4. The largest absolute Gasteiger partial charge is 0.507 e. The van der Waals surface area contributed by atoms with Gasteiger partial charge in [0.1, 0.15) is 58.9 Å². The van der Waals surface area contributed by atoms with E-state index in [1.165, 1.54) is 18.5 Å². The third-order valence-corrected chi connectivity index (χ3v) is 9.76. The lowest BCUT2D eigenvalue weighted by Crippen LogP contribution is -2.69. The lowest BCUT2D eigenvalue weighted by molar-refractivity contribution is -0.303. The van der Waals surface area contributed by atoms with Crippen molar-refractivity contribution in [3.05, 3.63) is 59.7 Å². The predicted octanol–water partition coefficient (Wildman–Crippen LogP) is 3.41. The molecule has 0 bridgehead atoms. The summed E-state index contributed by atoms with van der Waals surface area (Å²) >= 11 is 0. The van der Waals surface area contributed by atoms with E-state index < -0.39 is 54.4 Å².